The standard InChI is InChI=1S/C18H21N3O2.ClH/c19-9-11-21(10-8-15-5-2-1-3-6-15)14-16-13-18(23-20-16)17-7-4-12-22-17;/h1-7,12-13H,8-11,14,19H2;1H. The maximum absolute atomic E-state index is 5.73. The van der Waals surface area contributed by atoms with Crippen molar-refractivity contribution in [2.45, 2.75) is 13.0 Å². The highest BCUT2D eigenvalue weighted by molar-refractivity contribution is 5.85. The molecule has 0 aliphatic rings. The highest BCUT2D eigenvalue weighted by Crippen LogP contribution is 2.21. The molecular formula is C18H22ClN3O2. The van der Waals surface area contributed by atoms with Crippen LogP contribution in [0.25, 0.3) is 11.5 Å². The Balaban J connectivity index is 0.00000208. The lowest BCUT2D eigenvalue weighted by atomic mass is 10.1. The number of furan rings is 1. The van der Waals surface area contributed by atoms with Gasteiger partial charge in [0.2, 0.25) is 5.76 Å². The molecule has 0 saturated heterocycles. The maximum Gasteiger partial charge on any atom is 0.202 e. The van der Waals surface area contributed by atoms with Crippen LogP contribution < -0.4 is 5.73 Å². The number of hydrogen-bond acceptors (Lipinski definition) is 5. The van der Waals surface area contributed by atoms with Crippen molar-refractivity contribution in [3.8, 4) is 11.5 Å². The van der Waals surface area contributed by atoms with E-state index in [1.807, 2.05) is 24.3 Å². The normalized spacial score (nSPS) is 10.8. The van der Waals surface area contributed by atoms with Crippen LogP contribution in [0.4, 0.5) is 0 Å². The Labute approximate surface area is 147 Å². The van der Waals surface area contributed by atoms with Gasteiger partial charge in [0, 0.05) is 32.2 Å². The van der Waals surface area contributed by atoms with E-state index in [1.54, 1.807) is 6.26 Å². The summed E-state index contributed by atoms with van der Waals surface area (Å²) < 4.78 is 10.7. The Hall–Kier alpha value is -2.08. The highest BCUT2D eigenvalue weighted by Gasteiger charge is 2.12. The Morgan fingerprint density at radius 3 is 2.54 bits per heavy atom. The molecule has 0 radical (unpaired) electrons. The molecule has 0 atom stereocenters. The van der Waals surface area contributed by atoms with E-state index < -0.39 is 0 Å². The zero-order chi connectivity index (χ0) is 15.9. The molecule has 0 bridgehead atoms. The number of nitrogens with zero attached hydrogens (tertiary/aromatic N) is 2. The van der Waals surface area contributed by atoms with Gasteiger partial charge in [-0.3, -0.25) is 4.90 Å². The fourth-order valence-electron chi connectivity index (χ4n) is 2.53. The summed E-state index contributed by atoms with van der Waals surface area (Å²) >= 11 is 0. The van der Waals surface area contributed by atoms with Crippen molar-refractivity contribution in [3.63, 3.8) is 0 Å². The molecule has 3 aromatic rings. The van der Waals surface area contributed by atoms with E-state index in [-0.39, 0.29) is 12.4 Å². The first-order valence-electron chi connectivity index (χ1n) is 7.81. The average molecular weight is 348 g/mol. The number of aromatic nitrogens is 1. The molecular weight excluding hydrogens is 326 g/mol. The van der Waals surface area contributed by atoms with Gasteiger partial charge in [-0.2, -0.15) is 0 Å². The predicted octanol–water partition coefficient (Wildman–Crippen LogP) is 3.36. The quantitative estimate of drug-likeness (QED) is 0.676. The molecule has 2 aromatic heterocycles. The van der Waals surface area contributed by atoms with Gasteiger partial charge in [-0.1, -0.05) is 35.5 Å². The molecule has 0 amide bonds. The molecule has 0 aliphatic carbocycles. The van der Waals surface area contributed by atoms with Crippen LogP contribution >= 0.6 is 12.4 Å². The Kier molecular flexibility index (Phi) is 7.06. The smallest absolute Gasteiger partial charge is 0.202 e. The van der Waals surface area contributed by atoms with Gasteiger partial charge in [0.05, 0.1) is 12.0 Å². The molecule has 0 saturated carbocycles. The molecule has 1 aromatic carbocycles. The highest BCUT2D eigenvalue weighted by atomic mass is 35.5. The van der Waals surface area contributed by atoms with E-state index in [9.17, 15) is 0 Å². The van der Waals surface area contributed by atoms with Crippen LogP contribution in [0.2, 0.25) is 0 Å². The van der Waals surface area contributed by atoms with Crippen molar-refractivity contribution in [1.29, 1.82) is 0 Å². The van der Waals surface area contributed by atoms with Crippen molar-refractivity contribution >= 4 is 12.4 Å². The van der Waals surface area contributed by atoms with Crippen LogP contribution in [0.5, 0.6) is 0 Å². The lowest BCUT2D eigenvalue weighted by Gasteiger charge is -2.20. The fourth-order valence-corrected chi connectivity index (χ4v) is 2.53. The first-order valence-corrected chi connectivity index (χ1v) is 7.81. The first-order chi connectivity index (χ1) is 11.3. The summed E-state index contributed by atoms with van der Waals surface area (Å²) in [6.45, 7) is 3.10. The van der Waals surface area contributed by atoms with E-state index in [4.69, 9.17) is 14.7 Å². The molecule has 2 heterocycles. The van der Waals surface area contributed by atoms with Gasteiger partial charge in [-0.05, 0) is 24.1 Å². The molecule has 6 heteroatoms. The predicted molar refractivity (Wildman–Crippen MR) is 95.9 cm³/mol. The Morgan fingerprint density at radius 1 is 1.00 bits per heavy atom. The molecule has 0 aliphatic heterocycles. The zero-order valence-corrected chi connectivity index (χ0v) is 14.2. The maximum atomic E-state index is 5.73. The molecule has 0 spiro atoms. The van der Waals surface area contributed by atoms with Gasteiger partial charge in [-0.25, -0.2) is 0 Å². The largest absolute Gasteiger partial charge is 0.461 e. The van der Waals surface area contributed by atoms with E-state index in [0.29, 0.717) is 24.6 Å². The van der Waals surface area contributed by atoms with Gasteiger partial charge in [0.15, 0.2) is 5.76 Å². The van der Waals surface area contributed by atoms with Crippen molar-refractivity contribution in [3.05, 3.63) is 66.1 Å². The number of hydrogen-bond donors (Lipinski definition) is 1. The Morgan fingerprint density at radius 2 is 1.83 bits per heavy atom. The lowest BCUT2D eigenvalue weighted by molar-refractivity contribution is 0.266. The third-order valence-electron chi connectivity index (χ3n) is 3.71. The van der Waals surface area contributed by atoms with Gasteiger partial charge in [0.25, 0.3) is 0 Å². The molecule has 0 fully saturated rings. The third kappa shape index (κ3) is 4.96. The summed E-state index contributed by atoms with van der Waals surface area (Å²) in [5.74, 6) is 1.35. The number of nitrogens with two attached hydrogens (primary N) is 1. The summed E-state index contributed by atoms with van der Waals surface area (Å²) in [5, 5.41) is 4.13. The first kappa shape index (κ1) is 18.3. The van der Waals surface area contributed by atoms with Crippen LogP contribution in [-0.2, 0) is 13.0 Å². The minimum absolute atomic E-state index is 0. The minimum Gasteiger partial charge on any atom is -0.461 e. The topological polar surface area (TPSA) is 68.4 Å². The van der Waals surface area contributed by atoms with Crippen molar-refractivity contribution in [1.82, 2.24) is 10.1 Å². The molecule has 128 valence electrons. The van der Waals surface area contributed by atoms with Gasteiger partial charge >= 0.3 is 0 Å². The summed E-state index contributed by atoms with van der Waals surface area (Å²) in [7, 11) is 0. The molecule has 5 nitrogen and oxygen atoms in total. The number of benzene rings is 1. The second-order valence-corrected chi connectivity index (χ2v) is 5.46. The monoisotopic (exact) mass is 347 g/mol. The minimum atomic E-state index is 0. The van der Waals surface area contributed by atoms with Crippen LogP contribution in [0.15, 0.2) is 63.7 Å². The van der Waals surface area contributed by atoms with Crippen LogP contribution in [0.3, 0.4) is 0 Å². The third-order valence-corrected chi connectivity index (χ3v) is 3.71. The molecule has 3 rings (SSSR count). The molecule has 0 unspecified atom stereocenters. The SMILES string of the molecule is Cl.NCCN(CCc1ccccc1)Cc1cc(-c2ccco2)on1. The van der Waals surface area contributed by atoms with E-state index in [1.165, 1.54) is 5.56 Å². The van der Waals surface area contributed by atoms with Crippen LogP contribution in [-0.4, -0.2) is 29.7 Å². The fraction of sp³-hybridized carbons (Fsp3) is 0.278. The number of rotatable bonds is 8. The van der Waals surface area contributed by atoms with Crippen LogP contribution in [0, 0.1) is 0 Å². The number of halogens is 1. The van der Waals surface area contributed by atoms with Crippen molar-refractivity contribution < 1.29 is 8.94 Å². The lowest BCUT2D eigenvalue weighted by Crippen LogP contribution is -2.31. The van der Waals surface area contributed by atoms with E-state index in [0.717, 1.165) is 25.2 Å². The second-order valence-electron chi connectivity index (χ2n) is 5.46. The van der Waals surface area contributed by atoms with Crippen molar-refractivity contribution in [2.24, 2.45) is 5.73 Å². The van der Waals surface area contributed by atoms with Gasteiger partial charge in [0.1, 0.15) is 0 Å². The average Bonchev–Trinajstić information content (AvgIpc) is 3.25. The van der Waals surface area contributed by atoms with Crippen molar-refractivity contribution in [2.75, 3.05) is 19.6 Å². The van der Waals surface area contributed by atoms with E-state index in [2.05, 4.69) is 34.3 Å². The summed E-state index contributed by atoms with van der Waals surface area (Å²) in [6.07, 6.45) is 2.61. The van der Waals surface area contributed by atoms with Gasteiger partial charge in [-0.15, -0.1) is 12.4 Å². The summed E-state index contributed by atoms with van der Waals surface area (Å²) in [6, 6.07) is 16.1. The van der Waals surface area contributed by atoms with E-state index >= 15 is 0 Å². The molecule has 24 heavy (non-hydrogen) atoms. The summed E-state index contributed by atoms with van der Waals surface area (Å²) in [4.78, 5) is 2.29. The van der Waals surface area contributed by atoms with Crippen LogP contribution in [0.1, 0.15) is 11.3 Å². The molecule has 2 N–H and O–H groups in total. The second kappa shape index (κ2) is 9.27. The van der Waals surface area contributed by atoms with Gasteiger partial charge < -0.3 is 14.7 Å². The zero-order valence-electron chi connectivity index (χ0n) is 13.4. The summed E-state index contributed by atoms with van der Waals surface area (Å²) in [5.41, 5.74) is 7.95. The Bertz CT molecular complexity index is 698.